The molecule has 0 unspecified atom stereocenters. The smallest absolute Gasteiger partial charge is 0.318 e. The van der Waals surface area contributed by atoms with Crippen molar-refractivity contribution in [3.63, 3.8) is 0 Å². The first kappa shape index (κ1) is 19.0. The van der Waals surface area contributed by atoms with E-state index < -0.39 is 18.0 Å². The minimum atomic E-state index is -0.767. The topological polar surface area (TPSA) is 74.5 Å². The standard InChI is InChI=1S/C24H17FN2O4/c1-14(22-26-27-23(31-22)15-10-12-16(25)13-11-15)29-24(28)21-17-6-2-4-8-19(17)30-20-9-5-3-7-18(20)21/h2-14,21H,1H3/t14-/m1/s1. The molecule has 0 saturated heterocycles. The summed E-state index contributed by atoms with van der Waals surface area (Å²) in [5, 5.41) is 7.97. The summed E-state index contributed by atoms with van der Waals surface area (Å²) in [7, 11) is 0. The lowest BCUT2D eigenvalue weighted by atomic mass is 9.88. The molecule has 5 rings (SSSR count). The van der Waals surface area contributed by atoms with E-state index in [1.165, 1.54) is 12.1 Å². The lowest BCUT2D eigenvalue weighted by Gasteiger charge is -2.27. The number of benzene rings is 3. The van der Waals surface area contributed by atoms with Crippen LogP contribution >= 0.6 is 0 Å². The predicted molar refractivity (Wildman–Crippen MR) is 109 cm³/mol. The van der Waals surface area contributed by atoms with Gasteiger partial charge in [-0.2, -0.15) is 0 Å². The number of carbonyl (C=O) groups is 1. The van der Waals surface area contributed by atoms with E-state index in [1.54, 1.807) is 19.1 Å². The van der Waals surface area contributed by atoms with Crippen molar-refractivity contribution in [3.8, 4) is 23.0 Å². The molecular formula is C24H17FN2O4. The Morgan fingerprint density at radius 1 is 0.935 bits per heavy atom. The lowest BCUT2D eigenvalue weighted by Crippen LogP contribution is -2.22. The Bertz CT molecular complexity index is 1210. The average Bonchev–Trinajstić information content (AvgIpc) is 3.28. The normalized spacial score (nSPS) is 13.6. The summed E-state index contributed by atoms with van der Waals surface area (Å²) in [6.07, 6.45) is -0.767. The van der Waals surface area contributed by atoms with Crippen LogP contribution in [0.2, 0.25) is 0 Å². The number of ether oxygens (including phenoxy) is 2. The fraction of sp³-hybridized carbons (Fsp3) is 0.125. The third kappa shape index (κ3) is 3.54. The molecule has 4 aromatic rings. The summed E-state index contributed by atoms with van der Waals surface area (Å²) in [6.45, 7) is 1.66. The average molecular weight is 416 g/mol. The van der Waals surface area contributed by atoms with Crippen LogP contribution in [-0.2, 0) is 9.53 Å². The number of halogens is 1. The van der Waals surface area contributed by atoms with Gasteiger partial charge in [-0.3, -0.25) is 4.79 Å². The third-order valence-electron chi connectivity index (χ3n) is 5.09. The first-order chi connectivity index (χ1) is 15.1. The molecule has 0 spiro atoms. The summed E-state index contributed by atoms with van der Waals surface area (Å²) < 4.78 is 30.4. The monoisotopic (exact) mass is 416 g/mol. The SMILES string of the molecule is C[C@@H](OC(=O)C1c2ccccc2Oc2ccccc21)c1nnc(-c2ccc(F)cc2)o1. The van der Waals surface area contributed by atoms with Gasteiger partial charge in [-0.25, -0.2) is 4.39 Å². The van der Waals surface area contributed by atoms with Crippen LogP contribution in [0.25, 0.3) is 11.5 Å². The predicted octanol–water partition coefficient (Wildman–Crippen LogP) is 5.42. The minimum absolute atomic E-state index is 0.154. The van der Waals surface area contributed by atoms with Crippen molar-refractivity contribution < 1.29 is 23.1 Å². The van der Waals surface area contributed by atoms with E-state index in [0.717, 1.165) is 11.1 Å². The van der Waals surface area contributed by atoms with Gasteiger partial charge in [-0.1, -0.05) is 36.4 Å². The third-order valence-corrected chi connectivity index (χ3v) is 5.09. The Hall–Kier alpha value is -4.00. The molecule has 2 heterocycles. The first-order valence-corrected chi connectivity index (χ1v) is 9.75. The maximum atomic E-state index is 13.2. The van der Waals surface area contributed by atoms with Gasteiger partial charge < -0.3 is 13.9 Å². The largest absolute Gasteiger partial charge is 0.457 e. The molecule has 1 aliphatic rings. The van der Waals surface area contributed by atoms with E-state index >= 15 is 0 Å². The van der Waals surface area contributed by atoms with Gasteiger partial charge in [0.25, 0.3) is 5.89 Å². The van der Waals surface area contributed by atoms with Gasteiger partial charge in [-0.15, -0.1) is 10.2 Å². The van der Waals surface area contributed by atoms with Gasteiger partial charge in [-0.05, 0) is 43.3 Å². The van der Waals surface area contributed by atoms with Crippen LogP contribution in [-0.4, -0.2) is 16.2 Å². The number of aromatic nitrogens is 2. The molecule has 0 aliphatic carbocycles. The Morgan fingerprint density at radius 2 is 1.55 bits per heavy atom. The van der Waals surface area contributed by atoms with Gasteiger partial charge in [0.1, 0.15) is 23.2 Å². The Balaban J connectivity index is 1.40. The molecule has 1 atom stereocenters. The molecule has 1 aromatic heterocycles. The summed E-state index contributed by atoms with van der Waals surface area (Å²) in [4.78, 5) is 13.2. The number of hydrogen-bond acceptors (Lipinski definition) is 6. The van der Waals surface area contributed by atoms with E-state index in [0.29, 0.717) is 17.1 Å². The van der Waals surface area contributed by atoms with E-state index in [2.05, 4.69) is 10.2 Å². The minimum Gasteiger partial charge on any atom is -0.457 e. The van der Waals surface area contributed by atoms with Gasteiger partial charge in [0, 0.05) is 16.7 Å². The van der Waals surface area contributed by atoms with E-state index in [4.69, 9.17) is 13.9 Å². The molecular weight excluding hydrogens is 399 g/mol. The molecule has 154 valence electrons. The van der Waals surface area contributed by atoms with Crippen LogP contribution in [0, 0.1) is 5.82 Å². The van der Waals surface area contributed by atoms with Crippen LogP contribution < -0.4 is 4.74 Å². The second kappa shape index (κ2) is 7.68. The zero-order valence-electron chi connectivity index (χ0n) is 16.5. The molecule has 0 saturated carbocycles. The van der Waals surface area contributed by atoms with Gasteiger partial charge in [0.05, 0.1) is 0 Å². The van der Waals surface area contributed by atoms with Crippen LogP contribution in [0.5, 0.6) is 11.5 Å². The van der Waals surface area contributed by atoms with Crippen molar-refractivity contribution in [2.45, 2.75) is 18.9 Å². The lowest BCUT2D eigenvalue weighted by molar-refractivity contribution is -0.150. The molecule has 1 aliphatic heterocycles. The molecule has 0 N–H and O–H groups in total. The van der Waals surface area contributed by atoms with E-state index in [1.807, 2.05) is 48.5 Å². The summed E-state index contributed by atoms with van der Waals surface area (Å²) in [6, 6.07) is 20.5. The van der Waals surface area contributed by atoms with Crippen molar-refractivity contribution in [3.05, 3.63) is 95.6 Å². The van der Waals surface area contributed by atoms with Crippen molar-refractivity contribution in [2.75, 3.05) is 0 Å². The van der Waals surface area contributed by atoms with Gasteiger partial charge >= 0.3 is 5.97 Å². The first-order valence-electron chi connectivity index (χ1n) is 9.75. The Labute approximate surface area is 177 Å². The molecule has 0 amide bonds. The summed E-state index contributed by atoms with van der Waals surface area (Å²) in [5.41, 5.74) is 2.04. The van der Waals surface area contributed by atoms with Crippen LogP contribution in [0.15, 0.2) is 77.2 Å². The quantitative estimate of drug-likeness (QED) is 0.414. The maximum Gasteiger partial charge on any atom is 0.318 e. The highest BCUT2D eigenvalue weighted by atomic mass is 19.1. The Morgan fingerprint density at radius 3 is 2.19 bits per heavy atom. The zero-order valence-corrected chi connectivity index (χ0v) is 16.5. The van der Waals surface area contributed by atoms with E-state index in [9.17, 15) is 9.18 Å². The second-order valence-electron chi connectivity index (χ2n) is 7.14. The van der Waals surface area contributed by atoms with Crippen LogP contribution in [0.4, 0.5) is 4.39 Å². The number of esters is 1. The van der Waals surface area contributed by atoms with E-state index in [-0.39, 0.29) is 17.6 Å². The highest BCUT2D eigenvalue weighted by Gasteiger charge is 2.35. The maximum absolute atomic E-state index is 13.2. The zero-order chi connectivity index (χ0) is 21.4. The number of hydrogen-bond donors (Lipinski definition) is 0. The number of carbonyl (C=O) groups excluding carboxylic acids is 1. The Kier molecular flexibility index (Phi) is 4.71. The summed E-state index contributed by atoms with van der Waals surface area (Å²) in [5.74, 6) is 0.170. The molecule has 3 aromatic carbocycles. The highest BCUT2D eigenvalue weighted by molar-refractivity contribution is 5.85. The number of para-hydroxylation sites is 2. The number of nitrogens with zero attached hydrogens (tertiary/aromatic N) is 2. The second-order valence-corrected chi connectivity index (χ2v) is 7.14. The van der Waals surface area contributed by atoms with Crippen LogP contribution in [0.3, 0.4) is 0 Å². The molecule has 0 bridgehead atoms. The van der Waals surface area contributed by atoms with Crippen molar-refractivity contribution >= 4 is 5.97 Å². The molecule has 7 heteroatoms. The molecule has 0 fully saturated rings. The molecule has 0 radical (unpaired) electrons. The van der Waals surface area contributed by atoms with Gasteiger partial charge in [0.2, 0.25) is 5.89 Å². The van der Waals surface area contributed by atoms with Crippen molar-refractivity contribution in [1.29, 1.82) is 0 Å². The fourth-order valence-corrected chi connectivity index (χ4v) is 3.56. The fourth-order valence-electron chi connectivity index (χ4n) is 3.56. The van der Waals surface area contributed by atoms with Crippen molar-refractivity contribution in [2.24, 2.45) is 0 Å². The number of fused-ring (bicyclic) bond motifs is 2. The van der Waals surface area contributed by atoms with Gasteiger partial charge in [0.15, 0.2) is 6.10 Å². The van der Waals surface area contributed by atoms with Crippen molar-refractivity contribution in [1.82, 2.24) is 10.2 Å². The summed E-state index contributed by atoms with van der Waals surface area (Å²) >= 11 is 0. The van der Waals surface area contributed by atoms with Crippen LogP contribution in [0.1, 0.15) is 36.0 Å². The molecule has 31 heavy (non-hydrogen) atoms. The number of rotatable bonds is 4. The highest BCUT2D eigenvalue weighted by Crippen LogP contribution is 2.44. The molecule has 6 nitrogen and oxygen atoms in total.